The lowest BCUT2D eigenvalue weighted by atomic mass is 10.0. The lowest BCUT2D eigenvalue weighted by molar-refractivity contribution is 0.174. The van der Waals surface area contributed by atoms with Gasteiger partial charge in [0.25, 0.3) is 0 Å². The van der Waals surface area contributed by atoms with Crippen LogP contribution < -0.4 is 14.4 Å². The molecule has 1 fully saturated rings. The summed E-state index contributed by atoms with van der Waals surface area (Å²) in [7, 11) is 2.21. The van der Waals surface area contributed by atoms with Crippen molar-refractivity contribution in [2.75, 3.05) is 31.8 Å². The molecule has 4 rings (SSSR count). The predicted molar refractivity (Wildman–Crippen MR) is 93.9 cm³/mol. The third kappa shape index (κ3) is 3.06. The third-order valence-corrected chi connectivity index (χ3v) is 5.76. The Kier molecular flexibility index (Phi) is 4.28. The molecule has 0 N–H and O–H groups in total. The molecule has 6 nitrogen and oxygen atoms in total. The monoisotopic (exact) mass is 346 g/mol. The fraction of sp³-hybridized carbons (Fsp3) is 0.529. The SMILES string of the molecule is Cc1nnsc1CN(C)C1CCN(c2ccc3c(c2)OCO3)CC1. The van der Waals surface area contributed by atoms with Crippen LogP contribution in [0.3, 0.4) is 0 Å². The number of hydrogen-bond donors (Lipinski definition) is 0. The van der Waals surface area contributed by atoms with Crippen LogP contribution in [0.2, 0.25) is 0 Å². The van der Waals surface area contributed by atoms with E-state index in [4.69, 9.17) is 9.47 Å². The number of ether oxygens (including phenoxy) is 2. The van der Waals surface area contributed by atoms with E-state index < -0.39 is 0 Å². The minimum Gasteiger partial charge on any atom is -0.454 e. The maximum Gasteiger partial charge on any atom is 0.231 e. The molecule has 2 aliphatic heterocycles. The molecule has 0 spiro atoms. The Hall–Kier alpha value is -1.86. The highest BCUT2D eigenvalue weighted by Gasteiger charge is 2.24. The molecule has 0 aliphatic carbocycles. The van der Waals surface area contributed by atoms with Crippen LogP contribution in [0.4, 0.5) is 5.69 Å². The van der Waals surface area contributed by atoms with Crippen molar-refractivity contribution in [1.82, 2.24) is 14.5 Å². The number of hydrogen-bond acceptors (Lipinski definition) is 7. The minimum atomic E-state index is 0.331. The van der Waals surface area contributed by atoms with Crippen LogP contribution >= 0.6 is 11.5 Å². The van der Waals surface area contributed by atoms with Crippen LogP contribution in [0.5, 0.6) is 11.5 Å². The molecule has 1 aromatic heterocycles. The van der Waals surface area contributed by atoms with Gasteiger partial charge in [0, 0.05) is 37.4 Å². The van der Waals surface area contributed by atoms with Gasteiger partial charge in [-0.05, 0) is 50.5 Å². The van der Waals surface area contributed by atoms with Gasteiger partial charge >= 0.3 is 0 Å². The summed E-state index contributed by atoms with van der Waals surface area (Å²) in [6.45, 7) is 5.44. The Bertz CT molecular complexity index is 712. The van der Waals surface area contributed by atoms with Crippen molar-refractivity contribution in [2.24, 2.45) is 0 Å². The highest BCUT2D eigenvalue weighted by molar-refractivity contribution is 7.05. The molecule has 0 bridgehead atoms. The molecule has 0 radical (unpaired) electrons. The van der Waals surface area contributed by atoms with Crippen molar-refractivity contribution < 1.29 is 9.47 Å². The maximum absolute atomic E-state index is 5.49. The molecule has 0 saturated carbocycles. The Morgan fingerprint density at radius 2 is 2.04 bits per heavy atom. The smallest absolute Gasteiger partial charge is 0.231 e. The number of fused-ring (bicyclic) bond motifs is 1. The first kappa shape index (κ1) is 15.7. The maximum atomic E-state index is 5.49. The van der Waals surface area contributed by atoms with Crippen LogP contribution in [-0.4, -0.2) is 47.5 Å². The van der Waals surface area contributed by atoms with Crippen LogP contribution in [0.25, 0.3) is 0 Å². The predicted octanol–water partition coefficient (Wildman–Crippen LogP) is 2.68. The quantitative estimate of drug-likeness (QED) is 0.848. The summed E-state index contributed by atoms with van der Waals surface area (Å²) in [6, 6.07) is 6.84. The van der Waals surface area contributed by atoms with Gasteiger partial charge in [0.2, 0.25) is 6.79 Å². The summed E-state index contributed by atoms with van der Waals surface area (Å²) in [4.78, 5) is 6.15. The van der Waals surface area contributed by atoms with Gasteiger partial charge in [-0.1, -0.05) is 4.49 Å². The topological polar surface area (TPSA) is 50.7 Å². The molecule has 1 aromatic carbocycles. The average Bonchev–Trinajstić information content (AvgIpc) is 3.23. The standard InChI is InChI=1S/C17H22N4O2S/c1-12-17(24-19-18-12)10-20(2)13-5-7-21(8-6-13)14-3-4-15-16(9-14)23-11-22-15/h3-4,9,13H,5-8,10-11H2,1-2H3. The van der Waals surface area contributed by atoms with Crippen LogP contribution in [0, 0.1) is 6.92 Å². The van der Waals surface area contributed by atoms with E-state index in [1.54, 1.807) is 0 Å². The first-order valence-electron chi connectivity index (χ1n) is 8.33. The van der Waals surface area contributed by atoms with Crippen LogP contribution in [-0.2, 0) is 6.54 Å². The average molecular weight is 346 g/mol. The van der Waals surface area contributed by atoms with Gasteiger partial charge in [-0.2, -0.15) is 0 Å². The van der Waals surface area contributed by atoms with E-state index in [0.717, 1.165) is 49.7 Å². The summed E-state index contributed by atoms with van der Waals surface area (Å²) in [6.07, 6.45) is 2.33. The molecular formula is C17H22N4O2S. The van der Waals surface area contributed by atoms with E-state index in [1.165, 1.54) is 22.1 Å². The lowest BCUT2D eigenvalue weighted by Crippen LogP contribution is -2.43. The van der Waals surface area contributed by atoms with Gasteiger partial charge < -0.3 is 14.4 Å². The van der Waals surface area contributed by atoms with Gasteiger partial charge in [-0.15, -0.1) is 5.10 Å². The van der Waals surface area contributed by atoms with Gasteiger partial charge in [0.05, 0.1) is 10.6 Å². The molecule has 0 amide bonds. The summed E-state index contributed by atoms with van der Waals surface area (Å²) < 4.78 is 14.9. The minimum absolute atomic E-state index is 0.331. The van der Waals surface area contributed by atoms with E-state index in [1.807, 2.05) is 13.0 Å². The Balaban J connectivity index is 1.35. The highest BCUT2D eigenvalue weighted by Crippen LogP contribution is 2.36. The van der Waals surface area contributed by atoms with Gasteiger partial charge in [-0.25, -0.2) is 0 Å². The second-order valence-corrected chi connectivity index (χ2v) is 7.29. The van der Waals surface area contributed by atoms with Crippen LogP contribution in [0.15, 0.2) is 18.2 Å². The molecule has 3 heterocycles. The number of aromatic nitrogens is 2. The zero-order valence-electron chi connectivity index (χ0n) is 14.1. The van der Waals surface area contributed by atoms with E-state index >= 15 is 0 Å². The van der Waals surface area contributed by atoms with Gasteiger partial charge in [0.1, 0.15) is 0 Å². The van der Waals surface area contributed by atoms with E-state index in [2.05, 4.69) is 38.6 Å². The van der Waals surface area contributed by atoms with Gasteiger partial charge in [0.15, 0.2) is 11.5 Å². The van der Waals surface area contributed by atoms with Crippen molar-refractivity contribution in [1.29, 1.82) is 0 Å². The number of rotatable bonds is 4. The molecule has 2 aliphatic rings. The van der Waals surface area contributed by atoms with Gasteiger partial charge in [-0.3, -0.25) is 4.90 Å². The lowest BCUT2D eigenvalue weighted by Gasteiger charge is -2.37. The van der Waals surface area contributed by atoms with Crippen molar-refractivity contribution >= 4 is 17.2 Å². The summed E-state index contributed by atoms with van der Waals surface area (Å²) in [5.74, 6) is 1.71. The first-order valence-corrected chi connectivity index (χ1v) is 9.11. The van der Waals surface area contributed by atoms with E-state index in [0.29, 0.717) is 12.8 Å². The van der Waals surface area contributed by atoms with Crippen molar-refractivity contribution in [2.45, 2.75) is 32.4 Å². The number of piperidine rings is 1. The van der Waals surface area contributed by atoms with E-state index in [-0.39, 0.29) is 0 Å². The molecule has 1 saturated heterocycles. The van der Waals surface area contributed by atoms with Crippen LogP contribution in [0.1, 0.15) is 23.4 Å². The zero-order valence-corrected chi connectivity index (χ0v) is 14.9. The molecule has 0 unspecified atom stereocenters. The van der Waals surface area contributed by atoms with Crippen molar-refractivity contribution in [3.05, 3.63) is 28.8 Å². The highest BCUT2D eigenvalue weighted by atomic mass is 32.1. The normalized spacial score (nSPS) is 17.7. The summed E-state index contributed by atoms with van der Waals surface area (Å²) >= 11 is 1.51. The Labute approximate surface area is 146 Å². The summed E-state index contributed by atoms with van der Waals surface area (Å²) in [5, 5.41) is 4.11. The molecule has 24 heavy (non-hydrogen) atoms. The number of benzene rings is 1. The molecule has 0 atom stereocenters. The fourth-order valence-electron chi connectivity index (χ4n) is 3.40. The zero-order chi connectivity index (χ0) is 16.5. The van der Waals surface area contributed by atoms with Crippen molar-refractivity contribution in [3.63, 3.8) is 0 Å². The third-order valence-electron chi connectivity index (χ3n) is 4.95. The van der Waals surface area contributed by atoms with E-state index in [9.17, 15) is 0 Å². The first-order chi connectivity index (χ1) is 11.7. The Morgan fingerprint density at radius 1 is 1.25 bits per heavy atom. The molecule has 128 valence electrons. The summed E-state index contributed by atoms with van der Waals surface area (Å²) in [5.41, 5.74) is 2.28. The number of anilines is 1. The fourth-order valence-corrected chi connectivity index (χ4v) is 4.09. The molecule has 2 aromatic rings. The molecule has 7 heteroatoms. The second kappa shape index (κ2) is 6.57. The largest absolute Gasteiger partial charge is 0.454 e. The number of aryl methyl sites for hydroxylation is 1. The number of nitrogens with zero attached hydrogens (tertiary/aromatic N) is 4. The van der Waals surface area contributed by atoms with Crippen molar-refractivity contribution in [3.8, 4) is 11.5 Å². The second-order valence-electron chi connectivity index (χ2n) is 6.45. The molecular weight excluding hydrogens is 324 g/mol. The Morgan fingerprint density at radius 3 is 2.79 bits per heavy atom.